The van der Waals surface area contributed by atoms with Crippen LogP contribution in [-0.4, -0.2) is 18.5 Å². The van der Waals surface area contributed by atoms with Crippen LogP contribution in [0.25, 0.3) is 0 Å². The molecule has 0 unspecified atom stereocenters. The SMILES string of the molecule is CCCCCC[P+](CCCCCC)(CCCCCC)Cc1ccccc1.[I-]. The summed E-state index contributed by atoms with van der Waals surface area (Å²) in [6, 6.07) is 11.4. The second-order valence-corrected chi connectivity index (χ2v) is 12.7. The van der Waals surface area contributed by atoms with Crippen LogP contribution in [0.4, 0.5) is 0 Å². The molecule has 2 heteroatoms. The summed E-state index contributed by atoms with van der Waals surface area (Å²) in [6.07, 6.45) is 23.3. The molecule has 27 heavy (non-hydrogen) atoms. The van der Waals surface area contributed by atoms with Crippen LogP contribution in [0.2, 0.25) is 0 Å². The van der Waals surface area contributed by atoms with E-state index in [1.54, 1.807) is 24.0 Å². The number of unbranched alkanes of at least 4 members (excludes halogenated alkanes) is 9. The zero-order valence-corrected chi connectivity index (χ0v) is 21.6. The standard InChI is InChI=1S/C25H46P.HI/c1-4-7-10-16-21-26(22-17-11-8-5-2,23-18-12-9-6-3)24-25-19-14-13-15-20-25;/h13-15,19-20H,4-12,16-18,21-24H2,1-3H3;1H/q+1;/p-1. The highest BCUT2D eigenvalue weighted by Crippen LogP contribution is 2.63. The van der Waals surface area contributed by atoms with Crippen molar-refractivity contribution in [2.45, 2.75) is 104 Å². The summed E-state index contributed by atoms with van der Waals surface area (Å²) < 4.78 is 0. The highest BCUT2D eigenvalue weighted by molar-refractivity contribution is 7.75. The molecule has 0 aromatic heterocycles. The average Bonchev–Trinajstić information content (AvgIpc) is 2.67. The van der Waals surface area contributed by atoms with Gasteiger partial charge in [-0.2, -0.15) is 0 Å². The first-order valence-electron chi connectivity index (χ1n) is 11.7. The molecule has 1 aromatic carbocycles. The molecule has 0 aliphatic heterocycles. The number of halogens is 1. The third kappa shape index (κ3) is 13.3. The van der Waals surface area contributed by atoms with Crippen molar-refractivity contribution in [1.29, 1.82) is 0 Å². The Morgan fingerprint density at radius 1 is 0.556 bits per heavy atom. The molecule has 0 N–H and O–H groups in total. The van der Waals surface area contributed by atoms with Crippen molar-refractivity contribution < 1.29 is 24.0 Å². The number of hydrogen-bond donors (Lipinski definition) is 0. The number of hydrogen-bond acceptors (Lipinski definition) is 0. The summed E-state index contributed by atoms with van der Waals surface area (Å²) in [5, 5.41) is 0. The first-order valence-corrected chi connectivity index (χ1v) is 14.2. The van der Waals surface area contributed by atoms with Crippen LogP contribution >= 0.6 is 7.26 Å². The summed E-state index contributed by atoms with van der Waals surface area (Å²) >= 11 is 0. The molecular weight excluding hydrogens is 458 g/mol. The first-order chi connectivity index (χ1) is 12.8. The molecule has 0 heterocycles. The van der Waals surface area contributed by atoms with Gasteiger partial charge in [-0.25, -0.2) is 0 Å². The number of benzene rings is 1. The summed E-state index contributed by atoms with van der Waals surface area (Å²) in [5.41, 5.74) is 1.61. The van der Waals surface area contributed by atoms with Gasteiger partial charge in [-0.15, -0.1) is 0 Å². The van der Waals surface area contributed by atoms with Crippen LogP contribution in [0.1, 0.15) is 103 Å². The Morgan fingerprint density at radius 3 is 1.33 bits per heavy atom. The molecule has 0 saturated carbocycles. The van der Waals surface area contributed by atoms with E-state index in [2.05, 4.69) is 51.1 Å². The second kappa shape index (κ2) is 18.4. The molecule has 1 rings (SSSR count). The van der Waals surface area contributed by atoms with Gasteiger partial charge in [0.05, 0.1) is 24.6 Å². The van der Waals surface area contributed by atoms with Gasteiger partial charge in [0.15, 0.2) is 0 Å². The smallest absolute Gasteiger partial charge is 0.0842 e. The van der Waals surface area contributed by atoms with Crippen molar-refractivity contribution in [3.63, 3.8) is 0 Å². The minimum absolute atomic E-state index is 0. The Bertz CT molecular complexity index is 386. The van der Waals surface area contributed by atoms with E-state index >= 15 is 0 Å². The quantitative estimate of drug-likeness (QED) is 0.140. The van der Waals surface area contributed by atoms with E-state index in [0.29, 0.717) is 0 Å². The zero-order valence-electron chi connectivity index (χ0n) is 18.5. The van der Waals surface area contributed by atoms with Crippen LogP contribution < -0.4 is 24.0 Å². The maximum atomic E-state index is 2.39. The molecule has 0 nitrogen and oxygen atoms in total. The van der Waals surface area contributed by atoms with E-state index in [4.69, 9.17) is 0 Å². The Morgan fingerprint density at radius 2 is 0.963 bits per heavy atom. The molecule has 158 valence electrons. The van der Waals surface area contributed by atoms with Gasteiger partial charge in [0, 0.05) is 7.26 Å². The highest BCUT2D eigenvalue weighted by Gasteiger charge is 2.35. The minimum Gasteiger partial charge on any atom is -1.00 e. The van der Waals surface area contributed by atoms with Gasteiger partial charge in [0.2, 0.25) is 0 Å². The zero-order chi connectivity index (χ0) is 18.9. The fourth-order valence-corrected chi connectivity index (χ4v) is 8.98. The lowest BCUT2D eigenvalue weighted by atomic mass is 10.2. The van der Waals surface area contributed by atoms with Gasteiger partial charge in [0.1, 0.15) is 0 Å². The van der Waals surface area contributed by atoms with Crippen LogP contribution in [0.3, 0.4) is 0 Å². The largest absolute Gasteiger partial charge is 1.00 e. The average molecular weight is 505 g/mol. The van der Waals surface area contributed by atoms with Crippen molar-refractivity contribution >= 4 is 7.26 Å². The fourth-order valence-electron chi connectivity index (χ4n) is 4.17. The van der Waals surface area contributed by atoms with E-state index in [1.165, 1.54) is 83.2 Å². The lowest BCUT2D eigenvalue weighted by Gasteiger charge is -2.28. The molecule has 0 aliphatic carbocycles. The van der Waals surface area contributed by atoms with Gasteiger partial charge in [-0.3, -0.25) is 0 Å². The summed E-state index contributed by atoms with van der Waals surface area (Å²) in [7, 11) is -0.839. The van der Waals surface area contributed by atoms with Crippen molar-refractivity contribution in [2.24, 2.45) is 0 Å². The Labute approximate surface area is 189 Å². The normalized spacial score (nSPS) is 11.4. The van der Waals surface area contributed by atoms with Gasteiger partial charge in [-0.05, 0) is 44.1 Å². The molecule has 0 fully saturated rings. The van der Waals surface area contributed by atoms with Crippen LogP contribution in [-0.2, 0) is 6.16 Å². The lowest BCUT2D eigenvalue weighted by Crippen LogP contribution is -3.00. The first kappa shape index (κ1) is 27.4. The fraction of sp³-hybridized carbons (Fsp3) is 0.760. The van der Waals surface area contributed by atoms with Crippen LogP contribution in [0.15, 0.2) is 30.3 Å². The van der Waals surface area contributed by atoms with Crippen LogP contribution in [0.5, 0.6) is 0 Å². The van der Waals surface area contributed by atoms with Gasteiger partial charge in [0.25, 0.3) is 0 Å². The molecule has 0 bridgehead atoms. The summed E-state index contributed by atoms with van der Waals surface area (Å²) in [4.78, 5) is 0. The molecule has 0 atom stereocenters. The minimum atomic E-state index is -0.839. The van der Waals surface area contributed by atoms with Gasteiger partial charge in [-0.1, -0.05) is 89.6 Å². The summed E-state index contributed by atoms with van der Waals surface area (Å²) in [5.74, 6) is 0. The summed E-state index contributed by atoms with van der Waals surface area (Å²) in [6.45, 7) is 7.01. The van der Waals surface area contributed by atoms with Crippen molar-refractivity contribution in [3.05, 3.63) is 35.9 Å². The van der Waals surface area contributed by atoms with E-state index in [-0.39, 0.29) is 24.0 Å². The molecule has 1 aromatic rings. The Kier molecular flexibility index (Phi) is 18.7. The number of rotatable bonds is 17. The predicted molar refractivity (Wildman–Crippen MR) is 124 cm³/mol. The molecular formula is C25H46IP. The second-order valence-electron chi connectivity index (χ2n) is 8.34. The lowest BCUT2D eigenvalue weighted by molar-refractivity contribution is -0.00000585. The van der Waals surface area contributed by atoms with Crippen molar-refractivity contribution in [2.75, 3.05) is 18.5 Å². The van der Waals surface area contributed by atoms with E-state index in [9.17, 15) is 0 Å². The molecule has 0 saturated heterocycles. The third-order valence-corrected chi connectivity index (χ3v) is 10.6. The maximum Gasteiger partial charge on any atom is 0.0842 e. The van der Waals surface area contributed by atoms with E-state index in [0.717, 1.165) is 0 Å². The van der Waals surface area contributed by atoms with E-state index in [1.807, 2.05) is 0 Å². The van der Waals surface area contributed by atoms with Gasteiger partial charge >= 0.3 is 0 Å². The molecule has 0 radical (unpaired) electrons. The molecule has 0 aliphatic rings. The Hall–Kier alpha value is 0.380. The highest BCUT2D eigenvalue weighted by atomic mass is 127. The van der Waals surface area contributed by atoms with Crippen LogP contribution in [0, 0.1) is 0 Å². The molecule has 0 amide bonds. The molecule has 0 spiro atoms. The third-order valence-electron chi connectivity index (χ3n) is 5.82. The maximum absolute atomic E-state index is 2.39. The van der Waals surface area contributed by atoms with Crippen molar-refractivity contribution in [3.8, 4) is 0 Å². The topological polar surface area (TPSA) is 0 Å². The van der Waals surface area contributed by atoms with E-state index < -0.39 is 7.26 Å². The van der Waals surface area contributed by atoms with Gasteiger partial charge < -0.3 is 24.0 Å². The Balaban J connectivity index is 0.00000676. The monoisotopic (exact) mass is 504 g/mol. The predicted octanol–water partition coefficient (Wildman–Crippen LogP) is 5.95. The van der Waals surface area contributed by atoms with Crippen molar-refractivity contribution in [1.82, 2.24) is 0 Å².